The molecule has 1 N–H and O–H groups in total. The molecule has 0 unspecified atom stereocenters. The zero-order valence-corrected chi connectivity index (χ0v) is 16.1. The second-order valence-corrected chi connectivity index (χ2v) is 5.92. The Bertz CT molecular complexity index is 740. The first-order valence-corrected chi connectivity index (χ1v) is 8.77. The van der Waals surface area contributed by atoms with Crippen molar-refractivity contribution < 1.29 is 19.0 Å². The fourth-order valence-electron chi connectivity index (χ4n) is 2.95. The van der Waals surface area contributed by atoms with Crippen LogP contribution in [-0.2, 0) is 6.42 Å². The van der Waals surface area contributed by atoms with Crippen molar-refractivity contribution in [3.05, 3.63) is 53.1 Å². The van der Waals surface area contributed by atoms with Crippen LogP contribution in [0.1, 0.15) is 47.8 Å². The van der Waals surface area contributed by atoms with Gasteiger partial charge in [0.2, 0.25) is 0 Å². The van der Waals surface area contributed by atoms with Crippen LogP contribution in [0, 0.1) is 0 Å². The summed E-state index contributed by atoms with van der Waals surface area (Å²) in [5.74, 6) is 1.97. The van der Waals surface area contributed by atoms with E-state index in [2.05, 4.69) is 19.2 Å². The van der Waals surface area contributed by atoms with Crippen molar-refractivity contribution >= 4 is 5.91 Å². The number of nitrogens with one attached hydrogen (secondary N) is 1. The third-order valence-corrected chi connectivity index (χ3v) is 4.47. The zero-order chi connectivity index (χ0) is 19.1. The maximum atomic E-state index is 12.7. The topological polar surface area (TPSA) is 56.8 Å². The molecule has 0 heterocycles. The maximum Gasteiger partial charge on any atom is 0.251 e. The van der Waals surface area contributed by atoms with Crippen LogP contribution >= 0.6 is 0 Å². The molecule has 0 radical (unpaired) electrons. The molecule has 0 aliphatic heterocycles. The SMILES string of the molecule is CCc1cc(OC)c(OC)cc1[C@H](CC)NC(=O)c1ccc(OC)cc1. The van der Waals surface area contributed by atoms with E-state index < -0.39 is 0 Å². The minimum Gasteiger partial charge on any atom is -0.497 e. The predicted molar refractivity (Wildman–Crippen MR) is 102 cm³/mol. The molecule has 0 saturated carbocycles. The summed E-state index contributed by atoms with van der Waals surface area (Å²) in [6.07, 6.45) is 1.61. The molecule has 2 aromatic carbocycles. The van der Waals surface area contributed by atoms with Crippen LogP contribution in [-0.4, -0.2) is 27.2 Å². The molecule has 0 aromatic heterocycles. The Morgan fingerprint density at radius 3 is 2.08 bits per heavy atom. The van der Waals surface area contributed by atoms with Crippen molar-refractivity contribution in [2.45, 2.75) is 32.7 Å². The summed E-state index contributed by atoms with van der Waals surface area (Å²) in [5.41, 5.74) is 2.78. The summed E-state index contributed by atoms with van der Waals surface area (Å²) >= 11 is 0. The molecule has 1 amide bonds. The molecule has 26 heavy (non-hydrogen) atoms. The van der Waals surface area contributed by atoms with Crippen molar-refractivity contribution in [2.75, 3.05) is 21.3 Å². The quantitative estimate of drug-likeness (QED) is 0.771. The highest BCUT2D eigenvalue weighted by atomic mass is 16.5. The van der Waals surface area contributed by atoms with Crippen molar-refractivity contribution in [2.24, 2.45) is 0 Å². The minimum atomic E-state index is -0.114. The zero-order valence-electron chi connectivity index (χ0n) is 16.1. The van der Waals surface area contributed by atoms with Crippen LogP contribution in [0.15, 0.2) is 36.4 Å². The van der Waals surface area contributed by atoms with Gasteiger partial charge in [0.1, 0.15) is 5.75 Å². The van der Waals surface area contributed by atoms with Crippen molar-refractivity contribution in [1.29, 1.82) is 0 Å². The van der Waals surface area contributed by atoms with Gasteiger partial charge in [-0.1, -0.05) is 13.8 Å². The largest absolute Gasteiger partial charge is 0.497 e. The van der Waals surface area contributed by atoms with Crippen LogP contribution < -0.4 is 19.5 Å². The maximum absolute atomic E-state index is 12.7. The number of benzene rings is 2. The Kier molecular flexibility index (Phi) is 6.89. The van der Waals surface area contributed by atoms with Crippen LogP contribution in [0.4, 0.5) is 0 Å². The lowest BCUT2D eigenvalue weighted by atomic mass is 9.95. The number of rotatable bonds is 8. The fraction of sp³-hybridized carbons (Fsp3) is 0.381. The second kappa shape index (κ2) is 9.13. The molecule has 5 nitrogen and oxygen atoms in total. The molecule has 0 bridgehead atoms. The Morgan fingerprint density at radius 1 is 0.962 bits per heavy atom. The molecule has 0 aliphatic carbocycles. The van der Waals surface area contributed by atoms with Gasteiger partial charge in [-0.15, -0.1) is 0 Å². The number of carbonyl (C=O) groups is 1. The number of ether oxygens (including phenoxy) is 3. The Labute approximate surface area is 155 Å². The van der Waals surface area contributed by atoms with Crippen LogP contribution in [0.3, 0.4) is 0 Å². The Hall–Kier alpha value is -2.69. The normalized spacial score (nSPS) is 11.6. The highest BCUT2D eigenvalue weighted by Crippen LogP contribution is 2.34. The molecule has 0 spiro atoms. The van der Waals surface area contributed by atoms with Gasteiger partial charge in [-0.2, -0.15) is 0 Å². The Morgan fingerprint density at radius 2 is 1.58 bits per heavy atom. The summed E-state index contributed by atoms with van der Waals surface area (Å²) in [5, 5.41) is 3.12. The third kappa shape index (κ3) is 4.28. The summed E-state index contributed by atoms with van der Waals surface area (Å²) in [6, 6.07) is 10.9. The van der Waals surface area contributed by atoms with E-state index in [9.17, 15) is 4.79 Å². The predicted octanol–water partition coefficient (Wildman–Crippen LogP) is 4.16. The highest BCUT2D eigenvalue weighted by Gasteiger charge is 2.19. The molecule has 1 atom stereocenters. The van der Waals surface area contributed by atoms with Gasteiger partial charge in [0.15, 0.2) is 11.5 Å². The van der Waals surface area contributed by atoms with E-state index in [-0.39, 0.29) is 11.9 Å². The van der Waals surface area contributed by atoms with Crippen molar-refractivity contribution in [3.63, 3.8) is 0 Å². The molecule has 2 aromatic rings. The first kappa shape index (κ1) is 19.6. The van der Waals surface area contributed by atoms with E-state index in [1.807, 2.05) is 12.1 Å². The molecule has 2 rings (SSSR count). The van der Waals surface area contributed by atoms with Crippen molar-refractivity contribution in [3.8, 4) is 17.2 Å². The van der Waals surface area contributed by atoms with Gasteiger partial charge in [-0.3, -0.25) is 4.79 Å². The van der Waals surface area contributed by atoms with Gasteiger partial charge < -0.3 is 19.5 Å². The second-order valence-electron chi connectivity index (χ2n) is 5.92. The highest BCUT2D eigenvalue weighted by molar-refractivity contribution is 5.94. The lowest BCUT2D eigenvalue weighted by Crippen LogP contribution is -2.28. The number of hydrogen-bond donors (Lipinski definition) is 1. The van der Waals surface area contributed by atoms with E-state index in [1.54, 1.807) is 45.6 Å². The number of hydrogen-bond acceptors (Lipinski definition) is 4. The average Bonchev–Trinajstić information content (AvgIpc) is 2.70. The van der Waals surface area contributed by atoms with Gasteiger partial charge in [-0.25, -0.2) is 0 Å². The molecular formula is C21H27NO4. The lowest BCUT2D eigenvalue weighted by molar-refractivity contribution is 0.0935. The molecule has 5 heteroatoms. The summed E-state index contributed by atoms with van der Waals surface area (Å²) in [6.45, 7) is 4.14. The van der Waals surface area contributed by atoms with Gasteiger partial charge in [0.25, 0.3) is 5.91 Å². The van der Waals surface area contributed by atoms with E-state index >= 15 is 0 Å². The average molecular weight is 357 g/mol. The lowest BCUT2D eigenvalue weighted by Gasteiger charge is -2.22. The van der Waals surface area contributed by atoms with E-state index in [0.717, 1.165) is 29.7 Å². The number of aryl methyl sites for hydroxylation is 1. The van der Waals surface area contributed by atoms with Gasteiger partial charge in [0.05, 0.1) is 27.4 Å². The molecule has 0 fully saturated rings. The number of methoxy groups -OCH3 is 3. The smallest absolute Gasteiger partial charge is 0.251 e. The molecule has 140 valence electrons. The van der Waals surface area contributed by atoms with Gasteiger partial charge in [0, 0.05) is 5.56 Å². The van der Waals surface area contributed by atoms with Crippen LogP contribution in [0.5, 0.6) is 17.2 Å². The summed E-state index contributed by atoms with van der Waals surface area (Å²) < 4.78 is 16.0. The third-order valence-electron chi connectivity index (χ3n) is 4.47. The van der Waals surface area contributed by atoms with Crippen LogP contribution in [0.25, 0.3) is 0 Å². The first-order valence-electron chi connectivity index (χ1n) is 8.77. The minimum absolute atomic E-state index is 0.112. The first-order chi connectivity index (χ1) is 12.6. The molecule has 0 aliphatic rings. The van der Waals surface area contributed by atoms with E-state index in [0.29, 0.717) is 17.1 Å². The summed E-state index contributed by atoms with van der Waals surface area (Å²) in [4.78, 5) is 12.7. The fourth-order valence-corrected chi connectivity index (χ4v) is 2.95. The summed E-state index contributed by atoms with van der Waals surface area (Å²) in [7, 11) is 4.84. The van der Waals surface area contributed by atoms with E-state index in [4.69, 9.17) is 14.2 Å². The van der Waals surface area contributed by atoms with Crippen molar-refractivity contribution in [1.82, 2.24) is 5.32 Å². The van der Waals surface area contributed by atoms with Crippen LogP contribution in [0.2, 0.25) is 0 Å². The van der Waals surface area contributed by atoms with E-state index in [1.165, 1.54) is 0 Å². The van der Waals surface area contributed by atoms with Gasteiger partial charge in [-0.05, 0) is 60.4 Å². The standard InChI is InChI=1S/C21H27NO4/c1-6-14-12-19(25-4)20(26-5)13-17(14)18(7-2)22-21(23)15-8-10-16(24-3)11-9-15/h8-13,18H,6-7H2,1-5H3,(H,22,23)/t18-/m0/s1. The number of amides is 1. The monoisotopic (exact) mass is 357 g/mol. The molecular weight excluding hydrogens is 330 g/mol. The Balaban J connectivity index is 2.30. The molecule has 0 saturated heterocycles. The number of carbonyl (C=O) groups excluding carboxylic acids is 1. The van der Waals surface area contributed by atoms with Gasteiger partial charge >= 0.3 is 0 Å².